The molecule has 0 saturated carbocycles. The molecule has 3 N–H and O–H groups in total. The van der Waals surface area contributed by atoms with Gasteiger partial charge < -0.3 is 20.3 Å². The maximum Gasteiger partial charge on any atom is 0.305 e. The van der Waals surface area contributed by atoms with E-state index in [1.54, 1.807) is 6.08 Å². The van der Waals surface area contributed by atoms with Crippen LogP contribution in [0.15, 0.2) is 36.5 Å². The van der Waals surface area contributed by atoms with Gasteiger partial charge in [-0.1, -0.05) is 429 Å². The van der Waals surface area contributed by atoms with E-state index in [2.05, 4.69) is 43.5 Å². The molecule has 0 rings (SSSR count). The summed E-state index contributed by atoms with van der Waals surface area (Å²) in [6.07, 6.45) is 106. The van der Waals surface area contributed by atoms with E-state index in [4.69, 9.17) is 4.74 Å². The number of ether oxygens (including phenoxy) is 1. The highest BCUT2D eigenvalue weighted by Crippen LogP contribution is 2.20. The van der Waals surface area contributed by atoms with Crippen molar-refractivity contribution in [2.45, 2.75) is 482 Å². The molecule has 6 heteroatoms. The van der Waals surface area contributed by atoms with Crippen molar-refractivity contribution in [3.05, 3.63) is 36.5 Å². The molecule has 0 aliphatic rings. The Labute approximate surface area is 570 Å². The lowest BCUT2D eigenvalue weighted by atomic mass is 10.0. The number of hydrogen-bond acceptors (Lipinski definition) is 5. The summed E-state index contributed by atoms with van der Waals surface area (Å²) < 4.78 is 5.51. The number of rotatable bonds is 79. The maximum absolute atomic E-state index is 12.5. The van der Waals surface area contributed by atoms with Gasteiger partial charge in [-0.25, -0.2) is 0 Å². The first kappa shape index (κ1) is 89.1. The first-order chi connectivity index (χ1) is 45.0. The Hall–Kier alpha value is -1.92. The molecule has 0 aliphatic carbocycles. The summed E-state index contributed by atoms with van der Waals surface area (Å²) in [5, 5.41) is 23.3. The number of nitrogens with one attached hydrogen (secondary N) is 1. The van der Waals surface area contributed by atoms with Gasteiger partial charge >= 0.3 is 5.97 Å². The minimum Gasteiger partial charge on any atom is -0.466 e. The van der Waals surface area contributed by atoms with E-state index in [9.17, 15) is 19.8 Å². The minimum absolute atomic E-state index is 0.0161. The molecule has 6 nitrogen and oxygen atoms in total. The number of allylic oxidation sites excluding steroid dienone is 5. The lowest BCUT2D eigenvalue weighted by Crippen LogP contribution is -2.45. The molecule has 0 aromatic rings. The summed E-state index contributed by atoms with van der Waals surface area (Å²) in [5.74, 6) is -0.0415. The Balaban J connectivity index is 3.32. The first-order valence-electron chi connectivity index (χ1n) is 41.8. The third kappa shape index (κ3) is 77.0. The van der Waals surface area contributed by atoms with Crippen LogP contribution in [0.5, 0.6) is 0 Å². The molecule has 0 bridgehead atoms. The zero-order valence-electron chi connectivity index (χ0n) is 61.9. The fraction of sp³-hybridized carbons (Fsp3) is 0.906. The molecule has 0 heterocycles. The Bertz CT molecular complexity index is 1470. The minimum atomic E-state index is -0.841. The van der Waals surface area contributed by atoms with E-state index < -0.39 is 12.1 Å². The summed E-state index contributed by atoms with van der Waals surface area (Å²) in [7, 11) is 0. The molecule has 0 aliphatic heterocycles. The van der Waals surface area contributed by atoms with Gasteiger partial charge in [0.15, 0.2) is 0 Å². The fourth-order valence-corrected chi connectivity index (χ4v) is 13.3. The molecular formula is C85H163NO5. The zero-order chi connectivity index (χ0) is 65.6. The van der Waals surface area contributed by atoms with E-state index in [0.29, 0.717) is 19.4 Å². The number of carbonyl (C=O) groups is 2. The van der Waals surface area contributed by atoms with Crippen molar-refractivity contribution in [3.63, 3.8) is 0 Å². The van der Waals surface area contributed by atoms with Crippen LogP contribution in [-0.2, 0) is 14.3 Å². The SMILES string of the molecule is CCCCC/C=C\C/C=C\CCCCCCCCCC(=O)OCCCCCCCCCCCCCCCCCCCCCCCCCCCCCCCCCCCCCCCC(=O)NC(CO)C(O)/C=C/CCCCCCCCCCCCCCCCCCCC. The highest BCUT2D eigenvalue weighted by atomic mass is 16.5. The van der Waals surface area contributed by atoms with Crippen molar-refractivity contribution in [2.24, 2.45) is 0 Å². The van der Waals surface area contributed by atoms with Gasteiger partial charge in [0.2, 0.25) is 5.91 Å². The third-order valence-electron chi connectivity index (χ3n) is 19.7. The molecule has 0 aromatic heterocycles. The van der Waals surface area contributed by atoms with Crippen molar-refractivity contribution < 1.29 is 24.5 Å². The Kier molecular flexibility index (Phi) is 78.8. The Morgan fingerprint density at radius 3 is 0.857 bits per heavy atom. The maximum atomic E-state index is 12.5. The Morgan fingerprint density at radius 1 is 0.308 bits per heavy atom. The molecule has 0 fully saturated rings. The number of aliphatic hydroxyl groups is 2. The molecule has 0 aromatic carbocycles. The van der Waals surface area contributed by atoms with Crippen molar-refractivity contribution >= 4 is 11.9 Å². The quantitative estimate of drug-likeness (QED) is 0.0320. The number of esters is 1. The smallest absolute Gasteiger partial charge is 0.305 e. The first-order valence-corrected chi connectivity index (χ1v) is 41.8. The molecule has 1 amide bonds. The van der Waals surface area contributed by atoms with Crippen LogP contribution in [0.1, 0.15) is 470 Å². The number of amides is 1. The summed E-state index contributed by atoms with van der Waals surface area (Å²) >= 11 is 0. The summed E-state index contributed by atoms with van der Waals surface area (Å²) in [5.41, 5.74) is 0. The number of hydrogen-bond donors (Lipinski definition) is 3. The second-order valence-electron chi connectivity index (χ2n) is 28.8. The van der Waals surface area contributed by atoms with Crippen molar-refractivity contribution in [3.8, 4) is 0 Å². The van der Waals surface area contributed by atoms with Gasteiger partial charge in [0, 0.05) is 12.8 Å². The van der Waals surface area contributed by atoms with Gasteiger partial charge in [-0.15, -0.1) is 0 Å². The van der Waals surface area contributed by atoms with E-state index in [-0.39, 0.29) is 18.5 Å². The van der Waals surface area contributed by atoms with Gasteiger partial charge in [0.25, 0.3) is 0 Å². The molecule has 2 unspecified atom stereocenters. The van der Waals surface area contributed by atoms with Crippen LogP contribution >= 0.6 is 0 Å². The zero-order valence-corrected chi connectivity index (χ0v) is 61.9. The highest BCUT2D eigenvalue weighted by molar-refractivity contribution is 5.76. The topological polar surface area (TPSA) is 95.9 Å². The van der Waals surface area contributed by atoms with Crippen LogP contribution in [-0.4, -0.2) is 47.4 Å². The van der Waals surface area contributed by atoms with Crippen molar-refractivity contribution in [1.82, 2.24) is 5.32 Å². The predicted octanol–water partition coefficient (Wildman–Crippen LogP) is 27.8. The number of carbonyl (C=O) groups excluding carboxylic acids is 2. The molecular weight excluding hydrogens is 1110 g/mol. The van der Waals surface area contributed by atoms with E-state index in [0.717, 1.165) is 51.4 Å². The van der Waals surface area contributed by atoms with E-state index in [1.165, 1.54) is 392 Å². The number of unbranched alkanes of at least 4 members (excludes halogenated alkanes) is 64. The standard InChI is InChI=1S/C85H163NO5/c1-3-5-7-9-11-13-15-17-19-21-22-42-46-49-53-57-61-65-69-73-77-83(88)82(81-87)86-84(89)78-74-70-66-62-58-54-50-47-43-40-38-36-34-32-30-28-26-24-23-25-27-29-31-33-35-37-39-41-44-48-52-56-60-64-68-72-76-80-91-85(90)79-75-71-67-63-59-55-51-45-20-18-16-14-12-10-8-6-4-2/h12,14,18,20,73,77,82-83,87-88H,3-11,13,15-17,19,21-72,74-76,78-81H2,1-2H3,(H,86,89)/b14-12-,20-18-,77-73+. The normalized spacial score (nSPS) is 12.6. The van der Waals surface area contributed by atoms with Crippen LogP contribution in [0.2, 0.25) is 0 Å². The molecule has 0 spiro atoms. The van der Waals surface area contributed by atoms with E-state index >= 15 is 0 Å². The van der Waals surface area contributed by atoms with Gasteiger partial charge in [-0.3, -0.25) is 9.59 Å². The lowest BCUT2D eigenvalue weighted by Gasteiger charge is -2.20. The van der Waals surface area contributed by atoms with Crippen LogP contribution < -0.4 is 5.32 Å². The van der Waals surface area contributed by atoms with Crippen LogP contribution in [0.4, 0.5) is 0 Å². The third-order valence-corrected chi connectivity index (χ3v) is 19.7. The highest BCUT2D eigenvalue weighted by Gasteiger charge is 2.18. The Morgan fingerprint density at radius 2 is 0.549 bits per heavy atom. The van der Waals surface area contributed by atoms with Crippen molar-refractivity contribution in [2.75, 3.05) is 13.2 Å². The fourth-order valence-electron chi connectivity index (χ4n) is 13.3. The van der Waals surface area contributed by atoms with Gasteiger partial charge in [0.05, 0.1) is 25.4 Å². The molecule has 0 saturated heterocycles. The molecule has 2 atom stereocenters. The largest absolute Gasteiger partial charge is 0.466 e. The lowest BCUT2D eigenvalue weighted by molar-refractivity contribution is -0.143. The summed E-state index contributed by atoms with van der Waals surface area (Å²) in [6.45, 7) is 4.93. The molecule has 538 valence electrons. The second kappa shape index (κ2) is 80.5. The number of aliphatic hydroxyl groups excluding tert-OH is 2. The molecule has 0 radical (unpaired) electrons. The van der Waals surface area contributed by atoms with E-state index in [1.807, 2.05) is 6.08 Å². The molecule has 91 heavy (non-hydrogen) atoms. The van der Waals surface area contributed by atoms with Crippen LogP contribution in [0.25, 0.3) is 0 Å². The van der Waals surface area contributed by atoms with Crippen LogP contribution in [0.3, 0.4) is 0 Å². The second-order valence-corrected chi connectivity index (χ2v) is 28.8. The van der Waals surface area contributed by atoms with Crippen molar-refractivity contribution in [1.29, 1.82) is 0 Å². The summed E-state index contributed by atoms with van der Waals surface area (Å²) in [6, 6.07) is -0.624. The average Bonchev–Trinajstić information content (AvgIpc) is 3.65. The summed E-state index contributed by atoms with van der Waals surface area (Å²) in [4.78, 5) is 24.7. The average molecular weight is 1280 g/mol. The van der Waals surface area contributed by atoms with Crippen LogP contribution in [0, 0.1) is 0 Å². The van der Waals surface area contributed by atoms with Gasteiger partial charge in [-0.05, 0) is 64.2 Å². The predicted molar refractivity (Wildman–Crippen MR) is 403 cm³/mol. The van der Waals surface area contributed by atoms with Gasteiger partial charge in [0.1, 0.15) is 0 Å². The van der Waals surface area contributed by atoms with Gasteiger partial charge in [-0.2, -0.15) is 0 Å². The monoisotopic (exact) mass is 1280 g/mol.